The number of hydrogen-bond acceptors (Lipinski definition) is 2. The zero-order valence-electron chi connectivity index (χ0n) is 20.5. The Morgan fingerprint density at radius 2 is 1.13 bits per heavy atom. The van der Waals surface area contributed by atoms with Gasteiger partial charge in [0.05, 0.1) is 13.2 Å². The molecule has 2 heteroatoms. The van der Waals surface area contributed by atoms with Crippen molar-refractivity contribution in [2.24, 2.45) is 0 Å². The van der Waals surface area contributed by atoms with Gasteiger partial charge in [0.1, 0.15) is 11.5 Å². The smallest absolute Gasteiger partial charge is 0.130 e. The van der Waals surface area contributed by atoms with Crippen molar-refractivity contribution in [3.05, 3.63) is 35.9 Å². The molecular formula is C29H46O2. The molecule has 2 aromatic carbocycles. The second kappa shape index (κ2) is 16.0. The first kappa shape index (κ1) is 25.6. The molecule has 0 aromatic heterocycles. The highest BCUT2D eigenvalue weighted by Crippen LogP contribution is 2.32. The zero-order valence-corrected chi connectivity index (χ0v) is 20.5. The zero-order chi connectivity index (χ0) is 22.2. The molecule has 0 radical (unpaired) electrons. The van der Waals surface area contributed by atoms with Gasteiger partial charge in [-0.15, -0.1) is 0 Å². The number of rotatable bonds is 18. The van der Waals surface area contributed by atoms with E-state index in [-0.39, 0.29) is 0 Å². The molecule has 0 amide bonds. The number of fused-ring (bicyclic) bond motifs is 1. The Bertz CT molecular complexity index is 722. The lowest BCUT2D eigenvalue weighted by Gasteiger charge is -2.14. The molecule has 2 nitrogen and oxygen atoms in total. The van der Waals surface area contributed by atoms with Gasteiger partial charge in [-0.1, -0.05) is 103 Å². The number of benzene rings is 2. The summed E-state index contributed by atoms with van der Waals surface area (Å²) in [4.78, 5) is 0. The molecule has 0 aliphatic heterocycles. The molecule has 31 heavy (non-hydrogen) atoms. The van der Waals surface area contributed by atoms with E-state index in [0.717, 1.165) is 37.6 Å². The average molecular weight is 427 g/mol. The fraction of sp³-hybridized carbons (Fsp3) is 0.655. The van der Waals surface area contributed by atoms with E-state index in [2.05, 4.69) is 51.1 Å². The Balaban J connectivity index is 1.76. The first-order chi connectivity index (χ1) is 15.3. The third kappa shape index (κ3) is 9.97. The van der Waals surface area contributed by atoms with Crippen molar-refractivity contribution in [3.63, 3.8) is 0 Å². The van der Waals surface area contributed by atoms with Gasteiger partial charge in [0, 0.05) is 5.39 Å². The topological polar surface area (TPSA) is 18.5 Å². The number of aryl methyl sites for hydroxylation is 1. The summed E-state index contributed by atoms with van der Waals surface area (Å²) in [7, 11) is 0. The summed E-state index contributed by atoms with van der Waals surface area (Å²) in [6, 6.07) is 10.8. The molecule has 0 atom stereocenters. The van der Waals surface area contributed by atoms with Crippen LogP contribution in [0.2, 0.25) is 0 Å². The van der Waals surface area contributed by atoms with Gasteiger partial charge in [-0.2, -0.15) is 0 Å². The number of ether oxygens (including phenoxy) is 2. The van der Waals surface area contributed by atoms with Gasteiger partial charge in [0.15, 0.2) is 0 Å². The number of unbranched alkanes of at least 4 members (excludes halogenated alkanes) is 12. The van der Waals surface area contributed by atoms with Crippen LogP contribution in [0.4, 0.5) is 0 Å². The highest BCUT2D eigenvalue weighted by atomic mass is 16.5. The van der Waals surface area contributed by atoms with Crippen LogP contribution >= 0.6 is 0 Å². The second-order valence-electron chi connectivity index (χ2n) is 9.03. The van der Waals surface area contributed by atoms with Crippen LogP contribution in [0.5, 0.6) is 11.5 Å². The molecule has 174 valence electrons. The summed E-state index contributed by atoms with van der Waals surface area (Å²) in [5.41, 5.74) is 1.21. The van der Waals surface area contributed by atoms with Crippen LogP contribution in [0.25, 0.3) is 10.8 Å². The van der Waals surface area contributed by atoms with Gasteiger partial charge in [-0.05, 0) is 48.9 Å². The van der Waals surface area contributed by atoms with Crippen molar-refractivity contribution >= 4 is 10.8 Å². The Kier molecular flexibility index (Phi) is 13.2. The van der Waals surface area contributed by atoms with E-state index in [9.17, 15) is 0 Å². The average Bonchev–Trinajstić information content (AvgIpc) is 2.78. The van der Waals surface area contributed by atoms with E-state index < -0.39 is 0 Å². The summed E-state index contributed by atoms with van der Waals surface area (Å²) in [6.45, 7) is 8.30. The van der Waals surface area contributed by atoms with Gasteiger partial charge in [-0.3, -0.25) is 0 Å². The summed E-state index contributed by atoms with van der Waals surface area (Å²) in [5, 5.41) is 2.41. The van der Waals surface area contributed by atoms with Crippen LogP contribution in [0.3, 0.4) is 0 Å². The molecule has 0 aliphatic carbocycles. The van der Waals surface area contributed by atoms with Crippen molar-refractivity contribution in [2.75, 3.05) is 13.2 Å². The minimum absolute atomic E-state index is 0.810. The van der Waals surface area contributed by atoms with Gasteiger partial charge >= 0.3 is 0 Å². The van der Waals surface area contributed by atoms with Crippen LogP contribution in [0.1, 0.15) is 109 Å². The van der Waals surface area contributed by atoms with Gasteiger partial charge in [0.25, 0.3) is 0 Å². The summed E-state index contributed by atoms with van der Waals surface area (Å²) >= 11 is 0. The fourth-order valence-corrected chi connectivity index (χ4v) is 4.15. The highest BCUT2D eigenvalue weighted by molar-refractivity contribution is 5.90. The Morgan fingerprint density at radius 1 is 0.581 bits per heavy atom. The molecule has 2 rings (SSSR count). The molecule has 0 saturated carbocycles. The predicted molar refractivity (Wildman–Crippen MR) is 136 cm³/mol. The number of hydrogen-bond donors (Lipinski definition) is 0. The van der Waals surface area contributed by atoms with Crippen LogP contribution in [0.15, 0.2) is 30.3 Å². The van der Waals surface area contributed by atoms with Crippen LogP contribution in [-0.4, -0.2) is 13.2 Å². The molecule has 0 unspecified atom stereocenters. The maximum Gasteiger partial charge on any atom is 0.130 e. The van der Waals surface area contributed by atoms with E-state index >= 15 is 0 Å². The van der Waals surface area contributed by atoms with Crippen LogP contribution < -0.4 is 9.47 Å². The fourth-order valence-electron chi connectivity index (χ4n) is 4.15. The van der Waals surface area contributed by atoms with Gasteiger partial charge in [0.2, 0.25) is 0 Å². The summed E-state index contributed by atoms with van der Waals surface area (Å²) in [6.07, 6.45) is 18.3. The lowest BCUT2D eigenvalue weighted by Crippen LogP contribution is -2.00. The Labute approximate surface area is 191 Å². The maximum absolute atomic E-state index is 6.23. The standard InChI is InChI=1S/C29H46O2/c1-4-6-8-10-12-14-16-22-30-27-20-21-28-26(24-27)19-18-25(3)29(28)31-23-17-15-13-11-9-7-5-2/h18-21,24H,4-17,22-23H2,1-3H3. The van der Waals surface area contributed by atoms with Crippen molar-refractivity contribution in [1.82, 2.24) is 0 Å². The third-order valence-electron chi connectivity index (χ3n) is 6.15. The predicted octanol–water partition coefficient (Wildman–Crippen LogP) is 9.41. The monoisotopic (exact) mass is 426 g/mol. The van der Waals surface area contributed by atoms with Crippen molar-refractivity contribution in [3.8, 4) is 11.5 Å². The first-order valence-corrected chi connectivity index (χ1v) is 13.0. The largest absolute Gasteiger partial charge is 0.494 e. The first-order valence-electron chi connectivity index (χ1n) is 13.0. The molecule has 0 saturated heterocycles. The van der Waals surface area contributed by atoms with Crippen LogP contribution in [0, 0.1) is 6.92 Å². The molecule has 2 aromatic rings. The summed E-state index contributed by atoms with van der Waals surface area (Å²) < 4.78 is 12.3. The maximum atomic E-state index is 6.23. The lowest BCUT2D eigenvalue weighted by molar-refractivity contribution is 0.303. The van der Waals surface area contributed by atoms with E-state index in [4.69, 9.17) is 9.47 Å². The molecule has 0 heterocycles. The van der Waals surface area contributed by atoms with E-state index in [1.807, 2.05) is 0 Å². The lowest BCUT2D eigenvalue weighted by atomic mass is 10.1. The quantitative estimate of drug-likeness (QED) is 0.221. The molecular weight excluding hydrogens is 380 g/mol. The third-order valence-corrected chi connectivity index (χ3v) is 6.15. The van der Waals surface area contributed by atoms with Crippen molar-refractivity contribution in [2.45, 2.75) is 111 Å². The van der Waals surface area contributed by atoms with Crippen molar-refractivity contribution < 1.29 is 9.47 Å². The minimum Gasteiger partial charge on any atom is -0.494 e. The minimum atomic E-state index is 0.810. The van der Waals surface area contributed by atoms with Crippen LogP contribution in [-0.2, 0) is 0 Å². The van der Waals surface area contributed by atoms with Crippen molar-refractivity contribution in [1.29, 1.82) is 0 Å². The molecule has 0 spiro atoms. The molecule has 0 N–H and O–H groups in total. The van der Waals surface area contributed by atoms with E-state index in [1.165, 1.54) is 93.4 Å². The SMILES string of the molecule is CCCCCCCCCOc1ccc2c(OCCCCCCCCC)c(C)ccc2c1. The normalized spacial score (nSPS) is 11.2. The Hall–Kier alpha value is -1.70. The van der Waals surface area contributed by atoms with E-state index in [0.29, 0.717) is 0 Å². The highest BCUT2D eigenvalue weighted by Gasteiger charge is 2.08. The Morgan fingerprint density at radius 3 is 1.74 bits per heavy atom. The summed E-state index contributed by atoms with van der Waals surface area (Å²) in [5.74, 6) is 2.02. The second-order valence-corrected chi connectivity index (χ2v) is 9.03. The molecule has 0 bridgehead atoms. The van der Waals surface area contributed by atoms with Gasteiger partial charge < -0.3 is 9.47 Å². The van der Waals surface area contributed by atoms with E-state index in [1.54, 1.807) is 0 Å². The molecule has 0 aliphatic rings. The molecule has 0 fully saturated rings. The van der Waals surface area contributed by atoms with Gasteiger partial charge in [-0.25, -0.2) is 0 Å².